The minimum Gasteiger partial charge on any atom is -0.478 e. The van der Waals surface area contributed by atoms with Crippen LogP contribution >= 0.6 is 0 Å². The molecule has 0 unspecified atom stereocenters. The number of ether oxygens (including phenoxy) is 1. The summed E-state index contributed by atoms with van der Waals surface area (Å²) in [6, 6.07) is 1.87. The fourth-order valence-electron chi connectivity index (χ4n) is 1.57. The van der Waals surface area contributed by atoms with Crippen LogP contribution in [0.5, 0.6) is 5.88 Å². The normalized spacial score (nSPS) is 15.1. The first-order valence-electron chi connectivity index (χ1n) is 6.38. The van der Waals surface area contributed by atoms with E-state index in [2.05, 4.69) is 29.1 Å². The van der Waals surface area contributed by atoms with Gasteiger partial charge in [-0.2, -0.15) is 4.98 Å². The van der Waals surface area contributed by atoms with Crippen molar-refractivity contribution in [3.63, 3.8) is 0 Å². The van der Waals surface area contributed by atoms with Crippen molar-refractivity contribution in [2.24, 2.45) is 5.92 Å². The van der Waals surface area contributed by atoms with Crippen molar-refractivity contribution in [1.82, 2.24) is 9.97 Å². The Morgan fingerprint density at radius 3 is 2.76 bits per heavy atom. The van der Waals surface area contributed by atoms with E-state index in [1.54, 1.807) is 0 Å². The number of rotatable bonds is 6. The largest absolute Gasteiger partial charge is 0.478 e. The first kappa shape index (κ1) is 12.1. The molecule has 4 nitrogen and oxygen atoms in total. The molecule has 0 spiro atoms. The highest BCUT2D eigenvalue weighted by molar-refractivity contribution is 5.38. The Kier molecular flexibility index (Phi) is 3.82. The second-order valence-electron chi connectivity index (χ2n) is 5.00. The average Bonchev–Trinajstić information content (AvgIpc) is 3.12. The summed E-state index contributed by atoms with van der Waals surface area (Å²) >= 11 is 0. The molecule has 1 saturated carbocycles. The van der Waals surface area contributed by atoms with Crippen LogP contribution < -0.4 is 10.1 Å². The summed E-state index contributed by atoms with van der Waals surface area (Å²) in [5.74, 6) is 3.68. The monoisotopic (exact) mass is 235 g/mol. The molecule has 0 bridgehead atoms. The van der Waals surface area contributed by atoms with Crippen molar-refractivity contribution in [2.45, 2.75) is 39.0 Å². The fourth-order valence-corrected chi connectivity index (χ4v) is 1.57. The fraction of sp³-hybridized carbons (Fsp3) is 0.692. The SMILES string of the molecule is CNc1cc(OCCC(C)C)nc(C2CC2)n1. The molecule has 17 heavy (non-hydrogen) atoms. The Balaban J connectivity index is 2.01. The molecule has 0 radical (unpaired) electrons. The Bertz CT molecular complexity index is 375. The summed E-state index contributed by atoms with van der Waals surface area (Å²) in [4.78, 5) is 8.92. The van der Waals surface area contributed by atoms with Gasteiger partial charge in [-0.15, -0.1) is 0 Å². The summed E-state index contributed by atoms with van der Waals surface area (Å²) in [5, 5.41) is 3.06. The van der Waals surface area contributed by atoms with Gasteiger partial charge in [0, 0.05) is 19.0 Å². The Morgan fingerprint density at radius 1 is 1.41 bits per heavy atom. The molecule has 0 aliphatic heterocycles. The van der Waals surface area contributed by atoms with Crippen LogP contribution in [0.3, 0.4) is 0 Å². The minimum atomic E-state index is 0.552. The van der Waals surface area contributed by atoms with E-state index >= 15 is 0 Å². The summed E-state index contributed by atoms with van der Waals surface area (Å²) in [6.07, 6.45) is 3.47. The summed E-state index contributed by atoms with van der Waals surface area (Å²) in [7, 11) is 1.87. The first-order chi connectivity index (χ1) is 8.19. The van der Waals surface area contributed by atoms with Crippen LogP contribution in [0.15, 0.2) is 6.07 Å². The number of nitrogens with one attached hydrogen (secondary N) is 1. The molecule has 4 heteroatoms. The molecule has 0 amide bonds. The van der Waals surface area contributed by atoms with Gasteiger partial charge < -0.3 is 10.1 Å². The molecular weight excluding hydrogens is 214 g/mol. The Morgan fingerprint density at radius 2 is 2.18 bits per heavy atom. The zero-order valence-electron chi connectivity index (χ0n) is 10.9. The van der Waals surface area contributed by atoms with Crippen LogP contribution in [-0.4, -0.2) is 23.6 Å². The molecule has 0 atom stereocenters. The van der Waals surface area contributed by atoms with Gasteiger partial charge in [0.15, 0.2) is 0 Å². The van der Waals surface area contributed by atoms with Crippen LogP contribution in [0, 0.1) is 5.92 Å². The highest BCUT2D eigenvalue weighted by atomic mass is 16.5. The van der Waals surface area contributed by atoms with Crippen LogP contribution in [-0.2, 0) is 0 Å². The van der Waals surface area contributed by atoms with Gasteiger partial charge in [-0.3, -0.25) is 0 Å². The quantitative estimate of drug-likeness (QED) is 0.823. The lowest BCUT2D eigenvalue weighted by Crippen LogP contribution is -2.06. The molecule has 1 aromatic rings. The molecule has 1 aromatic heterocycles. The van der Waals surface area contributed by atoms with E-state index in [4.69, 9.17) is 4.74 Å². The minimum absolute atomic E-state index is 0.552. The van der Waals surface area contributed by atoms with Gasteiger partial charge in [0.25, 0.3) is 0 Å². The third-order valence-electron chi connectivity index (χ3n) is 2.86. The van der Waals surface area contributed by atoms with Crippen LogP contribution in [0.1, 0.15) is 44.9 Å². The number of nitrogens with zero attached hydrogens (tertiary/aromatic N) is 2. The molecular formula is C13H21N3O. The number of aromatic nitrogens is 2. The predicted molar refractivity (Wildman–Crippen MR) is 68.5 cm³/mol. The van der Waals surface area contributed by atoms with Gasteiger partial charge in [0.2, 0.25) is 5.88 Å². The van der Waals surface area contributed by atoms with E-state index in [-0.39, 0.29) is 0 Å². The van der Waals surface area contributed by atoms with Gasteiger partial charge in [-0.05, 0) is 25.2 Å². The van der Waals surface area contributed by atoms with Crippen LogP contribution in [0.2, 0.25) is 0 Å². The third-order valence-corrected chi connectivity index (χ3v) is 2.86. The molecule has 1 N–H and O–H groups in total. The average molecular weight is 235 g/mol. The van der Waals surface area contributed by atoms with Gasteiger partial charge in [0.05, 0.1) is 6.61 Å². The summed E-state index contributed by atoms with van der Waals surface area (Å²) in [5.41, 5.74) is 0. The van der Waals surface area contributed by atoms with Crippen molar-refractivity contribution >= 4 is 5.82 Å². The topological polar surface area (TPSA) is 47.0 Å². The van der Waals surface area contributed by atoms with Gasteiger partial charge in [-0.25, -0.2) is 4.98 Å². The Labute approximate surface area is 103 Å². The van der Waals surface area contributed by atoms with Crippen molar-refractivity contribution < 1.29 is 4.74 Å². The first-order valence-corrected chi connectivity index (χ1v) is 6.38. The molecule has 1 aliphatic carbocycles. The molecule has 1 heterocycles. The molecule has 0 aromatic carbocycles. The Hall–Kier alpha value is -1.32. The van der Waals surface area contributed by atoms with E-state index < -0.39 is 0 Å². The van der Waals surface area contributed by atoms with Crippen molar-refractivity contribution in [1.29, 1.82) is 0 Å². The lowest BCUT2D eigenvalue weighted by Gasteiger charge is -2.10. The van der Waals surface area contributed by atoms with E-state index in [9.17, 15) is 0 Å². The van der Waals surface area contributed by atoms with Gasteiger partial charge in [-0.1, -0.05) is 13.8 Å². The molecule has 2 rings (SSSR count). The lowest BCUT2D eigenvalue weighted by atomic mass is 10.1. The second-order valence-corrected chi connectivity index (χ2v) is 5.00. The number of hydrogen-bond donors (Lipinski definition) is 1. The van der Waals surface area contributed by atoms with Crippen molar-refractivity contribution in [3.8, 4) is 5.88 Å². The van der Waals surface area contributed by atoms with Crippen LogP contribution in [0.4, 0.5) is 5.82 Å². The van der Waals surface area contributed by atoms with E-state index in [0.29, 0.717) is 17.7 Å². The lowest BCUT2D eigenvalue weighted by molar-refractivity contribution is 0.278. The number of hydrogen-bond acceptors (Lipinski definition) is 4. The van der Waals surface area contributed by atoms with Crippen LogP contribution in [0.25, 0.3) is 0 Å². The second kappa shape index (κ2) is 5.34. The third kappa shape index (κ3) is 3.58. The molecule has 94 valence electrons. The zero-order valence-corrected chi connectivity index (χ0v) is 10.9. The summed E-state index contributed by atoms with van der Waals surface area (Å²) < 4.78 is 5.69. The maximum absolute atomic E-state index is 5.69. The van der Waals surface area contributed by atoms with E-state index in [0.717, 1.165) is 24.7 Å². The molecule has 1 fully saturated rings. The van der Waals surface area contributed by atoms with E-state index in [1.165, 1.54) is 12.8 Å². The zero-order chi connectivity index (χ0) is 12.3. The summed E-state index contributed by atoms with van der Waals surface area (Å²) in [6.45, 7) is 5.11. The van der Waals surface area contributed by atoms with E-state index in [1.807, 2.05) is 13.1 Å². The maximum atomic E-state index is 5.69. The molecule has 0 saturated heterocycles. The van der Waals surface area contributed by atoms with Gasteiger partial charge >= 0.3 is 0 Å². The highest BCUT2D eigenvalue weighted by Crippen LogP contribution is 2.39. The standard InChI is InChI=1S/C13H21N3O/c1-9(2)6-7-17-12-8-11(14-3)15-13(16-12)10-4-5-10/h8-10H,4-7H2,1-3H3,(H,14,15,16). The highest BCUT2D eigenvalue weighted by Gasteiger charge is 2.27. The smallest absolute Gasteiger partial charge is 0.218 e. The maximum Gasteiger partial charge on any atom is 0.218 e. The molecule has 1 aliphatic rings. The number of anilines is 1. The predicted octanol–water partition coefficient (Wildman–Crippen LogP) is 2.82. The van der Waals surface area contributed by atoms with Crippen molar-refractivity contribution in [3.05, 3.63) is 11.9 Å². The van der Waals surface area contributed by atoms with Gasteiger partial charge in [0.1, 0.15) is 11.6 Å². The van der Waals surface area contributed by atoms with Crippen molar-refractivity contribution in [2.75, 3.05) is 19.0 Å².